The topological polar surface area (TPSA) is 202 Å². The monoisotopic (exact) mass is 524 g/mol. The van der Waals surface area contributed by atoms with Crippen LogP contribution in [0.4, 0.5) is 0 Å². The summed E-state index contributed by atoms with van der Waals surface area (Å²) in [6.07, 6.45) is -3.92. The minimum absolute atomic E-state index is 0.111. The van der Waals surface area contributed by atoms with Crippen LogP contribution in [0.5, 0.6) is 0 Å². The van der Waals surface area contributed by atoms with Gasteiger partial charge in [-0.3, -0.25) is 14.4 Å². The van der Waals surface area contributed by atoms with Crippen molar-refractivity contribution < 1.29 is 52.4 Å². The molecule has 17 nitrogen and oxygen atoms in total. The maximum Gasteiger partial charge on any atom is 0.376 e. The van der Waals surface area contributed by atoms with Crippen molar-refractivity contribution in [3.05, 3.63) is 17.7 Å². The predicted molar refractivity (Wildman–Crippen MR) is 114 cm³/mol. The van der Waals surface area contributed by atoms with Gasteiger partial charge in [-0.25, -0.2) is 14.3 Å². The largest absolute Gasteiger partial charge is 0.463 e. The summed E-state index contributed by atoms with van der Waals surface area (Å²) in [5.41, 5.74) is -0.149. The second-order valence-electron chi connectivity index (χ2n) is 7.46. The molecule has 200 valence electrons. The lowest BCUT2D eigenvalue weighted by Gasteiger charge is -2.23. The zero-order chi connectivity index (χ0) is 27.3. The second-order valence-corrected chi connectivity index (χ2v) is 7.46. The maximum absolute atomic E-state index is 12.5. The van der Waals surface area contributed by atoms with Crippen LogP contribution in [0.15, 0.2) is 6.20 Å². The van der Waals surface area contributed by atoms with Gasteiger partial charge in [0.25, 0.3) is 5.95 Å². The lowest BCUT2D eigenvalue weighted by atomic mass is 10.1. The van der Waals surface area contributed by atoms with Crippen LogP contribution in [0.1, 0.15) is 55.0 Å². The molecule has 0 unspecified atom stereocenters. The van der Waals surface area contributed by atoms with E-state index in [1.54, 1.807) is 6.92 Å². The summed E-state index contributed by atoms with van der Waals surface area (Å²) in [6, 6.07) is 0. The maximum atomic E-state index is 12.5. The number of nitrogens with zero attached hydrogens (tertiary/aromatic N) is 6. The lowest BCUT2D eigenvalue weighted by molar-refractivity contribution is -0.166. The summed E-state index contributed by atoms with van der Waals surface area (Å²) in [7, 11) is 1.10. The Labute approximate surface area is 208 Å². The standard InChI is InChI=1S/C20H24N6O11/c1-6-33-18(30)12-7-25(24-22-12)20-21-16(19(31)32-5)26(23-20)17-15(36-11(4)29)14(35-10(3)28)13(37-17)8-34-9(2)27/h7,13-15,17H,6,8H2,1-5H3/t13-,14-,15-,17-/m1/s1. The van der Waals surface area contributed by atoms with Gasteiger partial charge in [-0.1, -0.05) is 5.21 Å². The molecule has 0 saturated carbocycles. The van der Waals surface area contributed by atoms with Crippen LogP contribution in [0.3, 0.4) is 0 Å². The van der Waals surface area contributed by atoms with E-state index in [0.717, 1.165) is 30.3 Å². The molecule has 2 aromatic heterocycles. The first kappa shape index (κ1) is 27.2. The average molecular weight is 524 g/mol. The van der Waals surface area contributed by atoms with Gasteiger partial charge in [-0.15, -0.1) is 10.2 Å². The quantitative estimate of drug-likeness (QED) is 0.289. The Balaban J connectivity index is 2.06. The molecular weight excluding hydrogens is 500 g/mol. The molecular formula is C20H24N6O11. The van der Waals surface area contributed by atoms with E-state index in [0.29, 0.717) is 0 Å². The number of aromatic nitrogens is 6. The summed E-state index contributed by atoms with van der Waals surface area (Å²) in [6.45, 7) is 4.76. The highest BCUT2D eigenvalue weighted by Gasteiger charge is 2.52. The van der Waals surface area contributed by atoms with Gasteiger partial charge in [0.2, 0.25) is 5.82 Å². The third-order valence-electron chi connectivity index (χ3n) is 4.75. The van der Waals surface area contributed by atoms with Crippen LogP contribution in [-0.4, -0.2) is 98.2 Å². The number of methoxy groups -OCH3 is 1. The molecule has 1 fully saturated rings. The van der Waals surface area contributed by atoms with E-state index in [1.165, 1.54) is 13.1 Å². The van der Waals surface area contributed by atoms with Crippen molar-refractivity contribution in [1.82, 2.24) is 29.8 Å². The van der Waals surface area contributed by atoms with E-state index < -0.39 is 60.2 Å². The minimum atomic E-state index is -1.39. The van der Waals surface area contributed by atoms with Crippen molar-refractivity contribution in [1.29, 1.82) is 0 Å². The SMILES string of the molecule is CCOC(=O)c1cn(-c2nc(C(=O)OC)n([C@@H]3O[C@H](COC(C)=O)[C@@H](OC(C)=O)[C@H]3OC(C)=O)n2)nn1. The highest BCUT2D eigenvalue weighted by molar-refractivity contribution is 5.87. The summed E-state index contributed by atoms with van der Waals surface area (Å²) >= 11 is 0. The first-order chi connectivity index (χ1) is 17.5. The van der Waals surface area contributed by atoms with E-state index in [4.69, 9.17) is 28.4 Å². The molecule has 17 heteroatoms. The van der Waals surface area contributed by atoms with E-state index in [-0.39, 0.29) is 24.9 Å². The van der Waals surface area contributed by atoms with Crippen LogP contribution >= 0.6 is 0 Å². The second kappa shape index (κ2) is 11.5. The van der Waals surface area contributed by atoms with Crippen LogP contribution < -0.4 is 0 Å². The number of hydrogen-bond acceptors (Lipinski definition) is 15. The van der Waals surface area contributed by atoms with Gasteiger partial charge in [0.15, 0.2) is 24.1 Å². The highest BCUT2D eigenvalue weighted by Crippen LogP contribution is 2.35. The third kappa shape index (κ3) is 6.24. The molecule has 0 aliphatic carbocycles. The minimum Gasteiger partial charge on any atom is -0.463 e. The fourth-order valence-corrected chi connectivity index (χ4v) is 3.37. The van der Waals surface area contributed by atoms with Crippen LogP contribution in [0, 0.1) is 0 Å². The first-order valence-corrected chi connectivity index (χ1v) is 10.8. The number of carbonyl (C=O) groups is 5. The number of esters is 5. The molecule has 37 heavy (non-hydrogen) atoms. The zero-order valence-corrected chi connectivity index (χ0v) is 20.5. The number of carbonyl (C=O) groups excluding carboxylic acids is 5. The number of rotatable bonds is 9. The van der Waals surface area contributed by atoms with Crippen molar-refractivity contribution in [2.75, 3.05) is 20.3 Å². The summed E-state index contributed by atoms with van der Waals surface area (Å²) < 4.78 is 33.1. The Kier molecular flexibility index (Phi) is 8.49. The van der Waals surface area contributed by atoms with Gasteiger partial charge in [0.05, 0.1) is 19.9 Å². The lowest BCUT2D eigenvalue weighted by Crippen LogP contribution is -2.41. The molecule has 2 aromatic rings. The molecule has 3 rings (SSSR count). The number of hydrogen-bond donors (Lipinski definition) is 0. The van der Waals surface area contributed by atoms with E-state index >= 15 is 0 Å². The Hall–Kier alpha value is -4.41. The van der Waals surface area contributed by atoms with Gasteiger partial charge >= 0.3 is 29.8 Å². The van der Waals surface area contributed by atoms with Crippen molar-refractivity contribution in [2.24, 2.45) is 0 Å². The van der Waals surface area contributed by atoms with Crippen LogP contribution in [0.2, 0.25) is 0 Å². The van der Waals surface area contributed by atoms with Gasteiger partial charge < -0.3 is 28.4 Å². The molecule has 1 aliphatic heterocycles. The van der Waals surface area contributed by atoms with Crippen molar-refractivity contribution in [3.8, 4) is 5.95 Å². The Morgan fingerprint density at radius 2 is 1.65 bits per heavy atom. The molecule has 0 aromatic carbocycles. The fourth-order valence-electron chi connectivity index (χ4n) is 3.37. The molecule has 0 bridgehead atoms. The summed E-state index contributed by atoms with van der Waals surface area (Å²) in [4.78, 5) is 63.6. The zero-order valence-electron chi connectivity index (χ0n) is 20.5. The first-order valence-electron chi connectivity index (χ1n) is 10.8. The molecule has 1 aliphatic rings. The Morgan fingerprint density at radius 3 is 2.24 bits per heavy atom. The molecule has 0 radical (unpaired) electrons. The fraction of sp³-hybridized carbons (Fsp3) is 0.550. The van der Waals surface area contributed by atoms with Gasteiger partial charge in [-0.2, -0.15) is 9.67 Å². The molecule has 0 spiro atoms. The molecule has 1 saturated heterocycles. The van der Waals surface area contributed by atoms with Crippen molar-refractivity contribution in [3.63, 3.8) is 0 Å². The van der Waals surface area contributed by atoms with Crippen molar-refractivity contribution >= 4 is 29.8 Å². The van der Waals surface area contributed by atoms with Crippen molar-refractivity contribution in [2.45, 2.75) is 52.2 Å². The van der Waals surface area contributed by atoms with Crippen LogP contribution in [0.25, 0.3) is 5.95 Å². The molecule has 0 amide bonds. The average Bonchev–Trinajstić information content (AvgIpc) is 3.55. The Morgan fingerprint density at radius 1 is 0.973 bits per heavy atom. The van der Waals surface area contributed by atoms with E-state index in [2.05, 4.69) is 20.4 Å². The third-order valence-corrected chi connectivity index (χ3v) is 4.75. The number of ether oxygens (including phenoxy) is 6. The normalized spacial score (nSPS) is 20.7. The van der Waals surface area contributed by atoms with Gasteiger partial charge in [0.1, 0.15) is 12.7 Å². The van der Waals surface area contributed by atoms with E-state index in [9.17, 15) is 24.0 Å². The summed E-state index contributed by atoms with van der Waals surface area (Å²) in [5, 5.41) is 11.7. The van der Waals surface area contributed by atoms with E-state index in [1.807, 2.05) is 0 Å². The van der Waals surface area contributed by atoms with Crippen LogP contribution in [-0.2, 0) is 42.8 Å². The molecule has 0 N–H and O–H groups in total. The smallest absolute Gasteiger partial charge is 0.376 e. The summed E-state index contributed by atoms with van der Waals surface area (Å²) in [5.74, 6) is -4.49. The Bertz CT molecular complexity index is 1190. The van der Waals surface area contributed by atoms with Gasteiger partial charge in [-0.05, 0) is 6.92 Å². The molecule has 3 heterocycles. The molecule has 4 atom stereocenters. The predicted octanol–water partition coefficient (Wildman–Crippen LogP) is -0.854. The highest BCUT2D eigenvalue weighted by atomic mass is 16.7. The van der Waals surface area contributed by atoms with Gasteiger partial charge in [0, 0.05) is 20.8 Å².